The van der Waals surface area contributed by atoms with Crippen LogP contribution >= 0.6 is 0 Å². The van der Waals surface area contributed by atoms with Crippen molar-refractivity contribution in [1.82, 2.24) is 4.57 Å². The summed E-state index contributed by atoms with van der Waals surface area (Å²) in [6.07, 6.45) is 0. The van der Waals surface area contributed by atoms with Gasteiger partial charge < -0.3 is 14.0 Å². The van der Waals surface area contributed by atoms with Crippen LogP contribution in [-0.2, 0) is 26.1 Å². The number of benzene rings is 1. The molecule has 1 heterocycles. The quantitative estimate of drug-likeness (QED) is 0.341. The van der Waals surface area contributed by atoms with E-state index in [-0.39, 0.29) is 0 Å². The number of para-hydroxylation sites is 1. The van der Waals surface area contributed by atoms with Crippen molar-refractivity contribution in [3.63, 3.8) is 0 Å². The molecule has 0 amide bonds. The van der Waals surface area contributed by atoms with Crippen molar-refractivity contribution in [3.05, 3.63) is 45.6 Å². The van der Waals surface area contributed by atoms with Gasteiger partial charge >= 0.3 is 11.9 Å². The van der Waals surface area contributed by atoms with E-state index in [0.29, 0.717) is 5.56 Å². The van der Waals surface area contributed by atoms with Gasteiger partial charge in [0.05, 0.1) is 20.1 Å². The van der Waals surface area contributed by atoms with Gasteiger partial charge in [0.2, 0.25) is 6.54 Å². The van der Waals surface area contributed by atoms with Crippen molar-refractivity contribution >= 4 is 22.8 Å². The predicted molar refractivity (Wildman–Crippen MR) is 89.8 cm³/mol. The molecule has 0 saturated carbocycles. The minimum atomic E-state index is -1.41. The summed E-state index contributed by atoms with van der Waals surface area (Å²) in [5, 5.41) is 12.0. The van der Waals surface area contributed by atoms with Crippen LogP contribution in [-0.4, -0.2) is 42.2 Å². The van der Waals surface area contributed by atoms with Crippen LogP contribution in [0.15, 0.2) is 24.3 Å². The molecule has 25 heavy (non-hydrogen) atoms. The third kappa shape index (κ3) is 3.33. The second-order valence-electron chi connectivity index (χ2n) is 5.72. The Balaban J connectivity index is 2.73. The highest BCUT2D eigenvalue weighted by Gasteiger charge is 2.42. The highest BCUT2D eigenvalue weighted by Crippen LogP contribution is 2.36. The first-order valence-electron chi connectivity index (χ1n) is 7.64. The van der Waals surface area contributed by atoms with Crippen LogP contribution in [0, 0.1) is 23.0 Å². The first-order chi connectivity index (χ1) is 11.8. The van der Waals surface area contributed by atoms with Gasteiger partial charge in [-0.1, -0.05) is 18.2 Å². The molecule has 0 bridgehead atoms. The van der Waals surface area contributed by atoms with Crippen LogP contribution in [0.4, 0.5) is 0 Å². The Hall–Kier alpha value is -2.90. The Morgan fingerprint density at radius 3 is 2.28 bits per heavy atom. The van der Waals surface area contributed by atoms with E-state index in [2.05, 4.69) is 0 Å². The fourth-order valence-electron chi connectivity index (χ4n) is 3.22. The van der Waals surface area contributed by atoms with E-state index in [9.17, 15) is 19.7 Å². The molecule has 1 aromatic carbocycles. The number of nitrogens with zero attached hydrogens (tertiary/aromatic N) is 2. The molecule has 0 spiro atoms. The maximum absolute atomic E-state index is 12.2. The van der Waals surface area contributed by atoms with Gasteiger partial charge in [-0.25, -0.2) is 0 Å². The number of carbonyl (C=O) groups excluding carboxylic acids is 2. The smallest absolute Gasteiger partial charge is 0.320 e. The summed E-state index contributed by atoms with van der Waals surface area (Å²) < 4.78 is 11.3. The highest BCUT2D eigenvalue weighted by molar-refractivity contribution is 5.97. The molecule has 0 radical (unpaired) electrons. The summed E-state index contributed by atoms with van der Waals surface area (Å²) in [6, 6.07) is 7.35. The van der Waals surface area contributed by atoms with Gasteiger partial charge in [-0.15, -0.1) is 0 Å². The number of ether oxygens (including phenoxy) is 2. The minimum absolute atomic E-state index is 0.537. The molecule has 2 aromatic rings. The molecule has 8 heteroatoms. The van der Waals surface area contributed by atoms with E-state index < -0.39 is 35.2 Å². The average molecular weight is 348 g/mol. The van der Waals surface area contributed by atoms with Gasteiger partial charge in [0, 0.05) is 28.6 Å². The van der Waals surface area contributed by atoms with Crippen LogP contribution in [0.2, 0.25) is 0 Å². The van der Waals surface area contributed by atoms with E-state index in [1.165, 1.54) is 0 Å². The molecule has 0 aliphatic carbocycles. The lowest BCUT2D eigenvalue weighted by molar-refractivity contribution is -0.484. The first-order valence-corrected chi connectivity index (χ1v) is 7.64. The van der Waals surface area contributed by atoms with Gasteiger partial charge in [0.25, 0.3) is 0 Å². The van der Waals surface area contributed by atoms with Crippen molar-refractivity contribution in [2.24, 2.45) is 13.0 Å². The minimum Gasteiger partial charge on any atom is -0.468 e. The normalized spacial score (nSPS) is 12.2. The van der Waals surface area contributed by atoms with E-state index in [1.807, 2.05) is 29.8 Å². The zero-order chi connectivity index (χ0) is 18.7. The first kappa shape index (κ1) is 18.4. The van der Waals surface area contributed by atoms with Crippen molar-refractivity contribution in [2.75, 3.05) is 20.8 Å². The average Bonchev–Trinajstić information content (AvgIpc) is 2.84. The van der Waals surface area contributed by atoms with Gasteiger partial charge in [-0.3, -0.25) is 19.7 Å². The Bertz CT molecular complexity index is 810. The number of nitro groups is 1. The Morgan fingerprint density at radius 1 is 1.20 bits per heavy atom. The number of aromatic nitrogens is 1. The number of hydrogen-bond donors (Lipinski definition) is 0. The lowest BCUT2D eigenvalue weighted by Crippen LogP contribution is -2.35. The summed E-state index contributed by atoms with van der Waals surface area (Å²) in [4.78, 5) is 35.1. The number of esters is 2. The number of carbonyl (C=O) groups is 2. The predicted octanol–water partition coefficient (Wildman–Crippen LogP) is 1.81. The lowest BCUT2D eigenvalue weighted by atomic mass is 9.84. The topological polar surface area (TPSA) is 101 Å². The summed E-state index contributed by atoms with van der Waals surface area (Å²) in [5.74, 6) is -4.12. The molecule has 0 aliphatic rings. The van der Waals surface area contributed by atoms with Gasteiger partial charge in [0.15, 0.2) is 5.92 Å². The van der Waals surface area contributed by atoms with Crippen LogP contribution in [0.25, 0.3) is 10.9 Å². The zero-order valence-electron chi connectivity index (χ0n) is 14.5. The molecule has 1 unspecified atom stereocenters. The molecule has 0 aliphatic heterocycles. The van der Waals surface area contributed by atoms with Gasteiger partial charge in [-0.2, -0.15) is 0 Å². The molecule has 134 valence electrons. The van der Waals surface area contributed by atoms with E-state index in [1.54, 1.807) is 13.0 Å². The molecule has 0 saturated heterocycles. The standard InChI is InChI=1S/C17H20N2O6/c1-10-14(11-7-5-6-8-13(11)18(10)2)12(9-19(22)23)15(16(20)24-3)17(21)25-4/h5-8,12,15H,9H2,1-4H3. The SMILES string of the molecule is COC(=O)C(C(=O)OC)C(C[N+](=O)[O-])c1c(C)n(C)c2ccccc12. The summed E-state index contributed by atoms with van der Waals surface area (Å²) in [5.41, 5.74) is 2.18. The van der Waals surface area contributed by atoms with Crippen LogP contribution in [0.3, 0.4) is 0 Å². The van der Waals surface area contributed by atoms with Crippen molar-refractivity contribution in [3.8, 4) is 0 Å². The summed E-state index contributed by atoms with van der Waals surface area (Å²) in [6.45, 7) is 1.21. The second kappa shape index (κ2) is 7.33. The maximum atomic E-state index is 12.2. The highest BCUT2D eigenvalue weighted by atomic mass is 16.6. The third-order valence-corrected chi connectivity index (χ3v) is 4.48. The Labute approximate surface area is 144 Å². The maximum Gasteiger partial charge on any atom is 0.320 e. The number of methoxy groups -OCH3 is 2. The molecule has 8 nitrogen and oxygen atoms in total. The third-order valence-electron chi connectivity index (χ3n) is 4.48. The van der Waals surface area contributed by atoms with Crippen molar-refractivity contribution in [2.45, 2.75) is 12.8 Å². The number of aryl methyl sites for hydroxylation is 1. The van der Waals surface area contributed by atoms with E-state index in [0.717, 1.165) is 30.8 Å². The largest absolute Gasteiger partial charge is 0.468 e. The van der Waals surface area contributed by atoms with Crippen molar-refractivity contribution < 1.29 is 24.0 Å². The molecular weight excluding hydrogens is 328 g/mol. The number of rotatable bonds is 6. The van der Waals surface area contributed by atoms with Gasteiger partial charge in [-0.05, 0) is 18.6 Å². The Kier molecular flexibility index (Phi) is 5.41. The molecule has 1 aromatic heterocycles. The molecular formula is C17H20N2O6. The van der Waals surface area contributed by atoms with E-state index >= 15 is 0 Å². The van der Waals surface area contributed by atoms with E-state index in [4.69, 9.17) is 9.47 Å². The van der Waals surface area contributed by atoms with Crippen molar-refractivity contribution in [1.29, 1.82) is 0 Å². The Morgan fingerprint density at radius 2 is 1.76 bits per heavy atom. The number of fused-ring (bicyclic) bond motifs is 1. The zero-order valence-corrected chi connectivity index (χ0v) is 14.5. The molecule has 0 N–H and O–H groups in total. The lowest BCUT2D eigenvalue weighted by Gasteiger charge is -2.21. The second-order valence-corrected chi connectivity index (χ2v) is 5.72. The molecule has 1 atom stereocenters. The summed E-state index contributed by atoms with van der Waals surface area (Å²) in [7, 11) is 4.10. The van der Waals surface area contributed by atoms with Crippen LogP contribution in [0.5, 0.6) is 0 Å². The fourth-order valence-corrected chi connectivity index (χ4v) is 3.22. The molecule has 0 fully saturated rings. The van der Waals surface area contributed by atoms with Gasteiger partial charge in [0.1, 0.15) is 0 Å². The summed E-state index contributed by atoms with van der Waals surface area (Å²) >= 11 is 0. The fraction of sp³-hybridized carbons (Fsp3) is 0.412. The monoisotopic (exact) mass is 348 g/mol. The molecule has 2 rings (SSSR count). The van der Waals surface area contributed by atoms with Crippen LogP contribution < -0.4 is 0 Å². The number of hydrogen-bond acceptors (Lipinski definition) is 6. The van der Waals surface area contributed by atoms with Crippen LogP contribution in [0.1, 0.15) is 17.2 Å².